The van der Waals surface area contributed by atoms with Gasteiger partial charge in [0, 0.05) is 17.5 Å². The van der Waals surface area contributed by atoms with Gasteiger partial charge in [-0.3, -0.25) is 4.79 Å². The standard InChI is InChI=1S/C26H20O3/c1-29-19-13-14-20-17(15-19)7-6-8-18(20)16-26(28)23-11-4-2-9-21(23)25(27)22-10-3-5-12-24(22)26/h2-15,28H,16H2,1H3. The van der Waals surface area contributed by atoms with E-state index in [0.717, 1.165) is 22.1 Å². The highest BCUT2D eigenvalue weighted by Crippen LogP contribution is 2.42. The van der Waals surface area contributed by atoms with Gasteiger partial charge in [0.15, 0.2) is 5.78 Å². The number of rotatable bonds is 3. The van der Waals surface area contributed by atoms with Gasteiger partial charge in [-0.15, -0.1) is 0 Å². The van der Waals surface area contributed by atoms with Gasteiger partial charge in [-0.05, 0) is 39.6 Å². The molecule has 0 amide bonds. The number of methoxy groups -OCH3 is 1. The summed E-state index contributed by atoms with van der Waals surface area (Å²) in [6, 6.07) is 26.8. The van der Waals surface area contributed by atoms with Crippen LogP contribution in [-0.4, -0.2) is 18.0 Å². The minimum absolute atomic E-state index is 0.0384. The van der Waals surface area contributed by atoms with Gasteiger partial charge in [0.2, 0.25) is 0 Å². The molecule has 0 aromatic heterocycles. The van der Waals surface area contributed by atoms with E-state index >= 15 is 0 Å². The number of carbonyl (C=O) groups is 1. The number of ketones is 1. The van der Waals surface area contributed by atoms with Crippen LogP contribution in [0.2, 0.25) is 0 Å². The molecule has 0 bridgehead atoms. The van der Waals surface area contributed by atoms with Crippen LogP contribution in [0.1, 0.15) is 32.6 Å². The maximum atomic E-state index is 13.0. The molecule has 0 fully saturated rings. The van der Waals surface area contributed by atoms with E-state index in [4.69, 9.17) is 4.74 Å². The van der Waals surface area contributed by atoms with E-state index < -0.39 is 5.60 Å². The van der Waals surface area contributed by atoms with Crippen molar-refractivity contribution < 1.29 is 14.6 Å². The molecule has 5 rings (SSSR count). The average Bonchev–Trinajstić information content (AvgIpc) is 2.77. The lowest BCUT2D eigenvalue weighted by atomic mass is 9.71. The van der Waals surface area contributed by atoms with Crippen LogP contribution in [0.3, 0.4) is 0 Å². The maximum absolute atomic E-state index is 13.0. The number of fused-ring (bicyclic) bond motifs is 3. The first-order chi connectivity index (χ1) is 14.1. The van der Waals surface area contributed by atoms with Crippen molar-refractivity contribution in [2.24, 2.45) is 0 Å². The Kier molecular flexibility index (Phi) is 4.00. The van der Waals surface area contributed by atoms with Crippen LogP contribution in [0.5, 0.6) is 5.75 Å². The second-order valence-electron chi connectivity index (χ2n) is 7.46. The Bertz CT molecular complexity index is 1210. The van der Waals surface area contributed by atoms with E-state index in [2.05, 4.69) is 0 Å². The molecule has 0 saturated carbocycles. The summed E-state index contributed by atoms with van der Waals surface area (Å²) >= 11 is 0. The number of carbonyl (C=O) groups excluding carboxylic acids is 1. The second-order valence-corrected chi connectivity index (χ2v) is 7.46. The normalized spacial score (nSPS) is 14.3. The second kappa shape index (κ2) is 6.57. The zero-order valence-electron chi connectivity index (χ0n) is 16.1. The summed E-state index contributed by atoms with van der Waals surface area (Å²) in [4.78, 5) is 13.0. The van der Waals surface area contributed by atoms with Gasteiger partial charge in [-0.1, -0.05) is 72.8 Å². The fraction of sp³-hybridized carbons (Fsp3) is 0.115. The largest absolute Gasteiger partial charge is 0.497 e. The molecule has 0 heterocycles. The molecule has 4 aromatic carbocycles. The first-order valence-electron chi connectivity index (χ1n) is 9.63. The number of benzene rings is 4. The Morgan fingerprint density at radius 3 is 2.14 bits per heavy atom. The van der Waals surface area contributed by atoms with Crippen LogP contribution in [0.25, 0.3) is 10.8 Å². The van der Waals surface area contributed by atoms with Crippen LogP contribution < -0.4 is 4.74 Å². The molecule has 0 aliphatic heterocycles. The summed E-state index contributed by atoms with van der Waals surface area (Å²) in [5.74, 6) is 0.760. The Labute approximate surface area is 169 Å². The summed E-state index contributed by atoms with van der Waals surface area (Å²) in [5.41, 5.74) is 2.19. The van der Waals surface area contributed by atoms with Gasteiger partial charge in [-0.25, -0.2) is 0 Å². The van der Waals surface area contributed by atoms with Crippen molar-refractivity contribution in [2.75, 3.05) is 7.11 Å². The van der Waals surface area contributed by atoms with E-state index in [9.17, 15) is 9.90 Å². The van der Waals surface area contributed by atoms with Crippen LogP contribution >= 0.6 is 0 Å². The predicted molar refractivity (Wildman–Crippen MR) is 114 cm³/mol. The minimum Gasteiger partial charge on any atom is -0.497 e. The monoisotopic (exact) mass is 380 g/mol. The molecular formula is C26H20O3. The zero-order chi connectivity index (χ0) is 20.0. The van der Waals surface area contributed by atoms with Crippen LogP contribution in [-0.2, 0) is 12.0 Å². The molecule has 3 nitrogen and oxygen atoms in total. The third-order valence-corrected chi connectivity index (χ3v) is 5.86. The summed E-state index contributed by atoms with van der Waals surface area (Å²) in [6.07, 6.45) is 0.373. The lowest BCUT2D eigenvalue weighted by Crippen LogP contribution is -2.37. The Morgan fingerprint density at radius 1 is 0.828 bits per heavy atom. The molecular weight excluding hydrogens is 360 g/mol. The third kappa shape index (κ3) is 2.66. The number of hydrogen-bond donors (Lipinski definition) is 1. The molecule has 29 heavy (non-hydrogen) atoms. The average molecular weight is 380 g/mol. The van der Waals surface area contributed by atoms with Crippen molar-refractivity contribution in [1.29, 1.82) is 0 Å². The SMILES string of the molecule is COc1ccc2c(CC3(O)c4ccccc4C(=O)c4ccccc43)cccc2c1. The Morgan fingerprint density at radius 2 is 1.48 bits per heavy atom. The molecule has 0 spiro atoms. The summed E-state index contributed by atoms with van der Waals surface area (Å²) in [5, 5.41) is 14.1. The van der Waals surface area contributed by atoms with Crippen molar-refractivity contribution >= 4 is 16.6 Å². The lowest BCUT2D eigenvalue weighted by Gasteiger charge is -2.36. The minimum atomic E-state index is -1.28. The van der Waals surface area contributed by atoms with Crippen molar-refractivity contribution in [3.8, 4) is 5.75 Å². The van der Waals surface area contributed by atoms with Crippen molar-refractivity contribution in [1.82, 2.24) is 0 Å². The van der Waals surface area contributed by atoms with Crippen molar-refractivity contribution in [3.63, 3.8) is 0 Å². The lowest BCUT2D eigenvalue weighted by molar-refractivity contribution is 0.0723. The van der Waals surface area contributed by atoms with E-state index in [1.165, 1.54) is 0 Å². The summed E-state index contributed by atoms with van der Waals surface area (Å²) in [6.45, 7) is 0. The Balaban J connectivity index is 1.72. The van der Waals surface area contributed by atoms with Gasteiger partial charge in [0.1, 0.15) is 11.4 Å². The van der Waals surface area contributed by atoms with Gasteiger partial charge < -0.3 is 9.84 Å². The molecule has 4 aromatic rings. The van der Waals surface area contributed by atoms with Gasteiger partial charge >= 0.3 is 0 Å². The topological polar surface area (TPSA) is 46.5 Å². The van der Waals surface area contributed by atoms with Gasteiger partial charge in [0.05, 0.1) is 7.11 Å². The molecule has 1 N–H and O–H groups in total. The molecule has 0 atom stereocenters. The zero-order valence-corrected chi connectivity index (χ0v) is 16.1. The molecule has 1 aliphatic carbocycles. The van der Waals surface area contributed by atoms with Crippen LogP contribution in [0, 0.1) is 0 Å². The Hall–Kier alpha value is -3.43. The molecule has 3 heteroatoms. The quantitative estimate of drug-likeness (QED) is 0.551. The highest BCUT2D eigenvalue weighted by molar-refractivity contribution is 6.13. The highest BCUT2D eigenvalue weighted by atomic mass is 16.5. The van der Waals surface area contributed by atoms with Crippen LogP contribution in [0.15, 0.2) is 84.9 Å². The summed E-state index contributed by atoms with van der Waals surface area (Å²) < 4.78 is 5.35. The highest BCUT2D eigenvalue weighted by Gasteiger charge is 2.42. The fourth-order valence-corrected chi connectivity index (χ4v) is 4.45. The first kappa shape index (κ1) is 17.7. The fourth-order valence-electron chi connectivity index (χ4n) is 4.45. The molecule has 0 saturated heterocycles. The van der Waals surface area contributed by atoms with Crippen LogP contribution in [0.4, 0.5) is 0 Å². The smallest absolute Gasteiger partial charge is 0.193 e. The van der Waals surface area contributed by atoms with E-state index in [-0.39, 0.29) is 5.78 Å². The van der Waals surface area contributed by atoms with Crippen molar-refractivity contribution in [3.05, 3.63) is 113 Å². The van der Waals surface area contributed by atoms with E-state index in [0.29, 0.717) is 28.7 Å². The summed E-state index contributed by atoms with van der Waals surface area (Å²) in [7, 11) is 1.65. The number of ether oxygens (including phenoxy) is 1. The first-order valence-corrected chi connectivity index (χ1v) is 9.63. The predicted octanol–water partition coefficient (Wildman–Crippen LogP) is 4.87. The van der Waals surface area contributed by atoms with E-state index in [1.807, 2.05) is 72.8 Å². The van der Waals surface area contributed by atoms with Gasteiger partial charge in [0.25, 0.3) is 0 Å². The van der Waals surface area contributed by atoms with Gasteiger partial charge in [-0.2, -0.15) is 0 Å². The molecule has 142 valence electrons. The number of aliphatic hydroxyl groups is 1. The molecule has 0 unspecified atom stereocenters. The maximum Gasteiger partial charge on any atom is 0.193 e. The van der Waals surface area contributed by atoms with E-state index in [1.54, 1.807) is 19.2 Å². The molecule has 0 radical (unpaired) electrons. The molecule has 1 aliphatic rings. The number of hydrogen-bond acceptors (Lipinski definition) is 3. The van der Waals surface area contributed by atoms with Crippen molar-refractivity contribution in [2.45, 2.75) is 12.0 Å². The third-order valence-electron chi connectivity index (χ3n) is 5.86.